The fourth-order valence-corrected chi connectivity index (χ4v) is 2.75. The van der Waals surface area contributed by atoms with Gasteiger partial charge in [0.1, 0.15) is 5.03 Å². The van der Waals surface area contributed by atoms with E-state index in [1.165, 1.54) is 5.39 Å². The lowest BCUT2D eigenvalue weighted by molar-refractivity contribution is 0.806. The molecule has 3 aromatic rings. The number of hydrogen-bond acceptors (Lipinski definition) is 3. The van der Waals surface area contributed by atoms with E-state index >= 15 is 0 Å². The highest BCUT2D eigenvalue weighted by Gasteiger charge is 2.04. The number of nitrogens with zero attached hydrogens (tertiary/aromatic N) is 1. The maximum atomic E-state index is 5.81. The van der Waals surface area contributed by atoms with E-state index in [2.05, 4.69) is 28.2 Å². The molecule has 0 spiro atoms. The molecule has 0 fully saturated rings. The third-order valence-electron chi connectivity index (χ3n) is 3.00. The van der Waals surface area contributed by atoms with Crippen LogP contribution in [0.1, 0.15) is 18.5 Å². The fraction of sp³-hybridized carbons (Fsp3) is 0.133. The summed E-state index contributed by atoms with van der Waals surface area (Å²) in [5.74, 6) is 0. The van der Waals surface area contributed by atoms with Crippen LogP contribution < -0.4 is 5.73 Å². The van der Waals surface area contributed by atoms with Crippen LogP contribution in [0.5, 0.6) is 0 Å². The third kappa shape index (κ3) is 2.64. The van der Waals surface area contributed by atoms with E-state index < -0.39 is 0 Å². The molecule has 0 radical (unpaired) electrons. The lowest BCUT2D eigenvalue weighted by Crippen LogP contribution is -2.04. The van der Waals surface area contributed by atoms with Gasteiger partial charge in [-0.1, -0.05) is 36.0 Å². The van der Waals surface area contributed by atoms with Gasteiger partial charge in [-0.3, -0.25) is 0 Å². The first-order chi connectivity index (χ1) is 9.22. The summed E-state index contributed by atoms with van der Waals surface area (Å²) in [7, 11) is 0. The molecule has 96 valence electrons. The average molecular weight is 269 g/mol. The van der Waals surface area contributed by atoms with Crippen LogP contribution in [0.2, 0.25) is 0 Å². The Bertz CT molecular complexity index is 653. The molecule has 3 nitrogen and oxygen atoms in total. The SMILES string of the molecule is CC(N)c1ccc(Sc2cc3ccccc3[nH]2)nc1. The molecule has 2 aromatic heterocycles. The second-order valence-electron chi connectivity index (χ2n) is 4.54. The minimum Gasteiger partial charge on any atom is -0.349 e. The molecule has 1 atom stereocenters. The molecule has 0 saturated heterocycles. The molecule has 3 N–H and O–H groups in total. The molecule has 1 aromatic carbocycles. The lowest BCUT2D eigenvalue weighted by atomic mass is 10.2. The summed E-state index contributed by atoms with van der Waals surface area (Å²) in [6, 6.07) is 14.5. The van der Waals surface area contributed by atoms with Crippen LogP contribution in [-0.2, 0) is 0 Å². The second kappa shape index (κ2) is 5.07. The van der Waals surface area contributed by atoms with E-state index in [9.17, 15) is 0 Å². The van der Waals surface area contributed by atoms with Crippen LogP contribution in [0, 0.1) is 0 Å². The third-order valence-corrected chi connectivity index (χ3v) is 3.90. The van der Waals surface area contributed by atoms with E-state index in [4.69, 9.17) is 5.73 Å². The molecule has 2 heterocycles. The van der Waals surface area contributed by atoms with Crippen LogP contribution in [0.4, 0.5) is 0 Å². The summed E-state index contributed by atoms with van der Waals surface area (Å²) < 4.78 is 0. The molecule has 19 heavy (non-hydrogen) atoms. The van der Waals surface area contributed by atoms with Crippen LogP contribution in [0.3, 0.4) is 0 Å². The number of rotatable bonds is 3. The number of pyridine rings is 1. The smallest absolute Gasteiger partial charge is 0.102 e. The van der Waals surface area contributed by atoms with Crippen molar-refractivity contribution in [3.05, 3.63) is 54.2 Å². The van der Waals surface area contributed by atoms with Gasteiger partial charge in [0, 0.05) is 23.1 Å². The Kier molecular flexibility index (Phi) is 3.27. The molecule has 0 saturated carbocycles. The second-order valence-corrected chi connectivity index (χ2v) is 5.60. The monoisotopic (exact) mass is 269 g/mol. The minimum atomic E-state index is 0.0274. The van der Waals surface area contributed by atoms with Crippen LogP contribution in [0.25, 0.3) is 10.9 Å². The molecule has 3 rings (SSSR count). The summed E-state index contributed by atoms with van der Waals surface area (Å²) in [5, 5.41) is 3.29. The Labute approximate surface area is 116 Å². The topological polar surface area (TPSA) is 54.7 Å². The van der Waals surface area contributed by atoms with Gasteiger partial charge >= 0.3 is 0 Å². The average Bonchev–Trinajstić information content (AvgIpc) is 2.81. The predicted molar refractivity (Wildman–Crippen MR) is 79.3 cm³/mol. The number of aromatic amines is 1. The lowest BCUT2D eigenvalue weighted by Gasteiger charge is -2.05. The first-order valence-corrected chi connectivity index (χ1v) is 7.01. The van der Waals surface area contributed by atoms with Crippen molar-refractivity contribution in [3.8, 4) is 0 Å². The Balaban J connectivity index is 1.84. The number of H-pyrrole nitrogens is 1. The Morgan fingerprint density at radius 1 is 1.21 bits per heavy atom. The summed E-state index contributed by atoms with van der Waals surface area (Å²) in [4.78, 5) is 7.81. The van der Waals surface area contributed by atoms with Gasteiger partial charge in [-0.15, -0.1) is 0 Å². The van der Waals surface area contributed by atoms with Gasteiger partial charge in [0.05, 0.1) is 5.03 Å². The van der Waals surface area contributed by atoms with Gasteiger partial charge < -0.3 is 10.7 Å². The number of para-hydroxylation sites is 1. The molecule has 0 aliphatic heterocycles. The molecule has 1 unspecified atom stereocenters. The normalized spacial score (nSPS) is 12.7. The maximum Gasteiger partial charge on any atom is 0.102 e. The van der Waals surface area contributed by atoms with Gasteiger partial charge in [0.25, 0.3) is 0 Å². The number of benzene rings is 1. The number of nitrogens with one attached hydrogen (secondary N) is 1. The van der Waals surface area contributed by atoms with Crippen molar-refractivity contribution in [2.24, 2.45) is 5.73 Å². The van der Waals surface area contributed by atoms with Crippen molar-refractivity contribution in [3.63, 3.8) is 0 Å². The number of hydrogen-bond donors (Lipinski definition) is 2. The van der Waals surface area contributed by atoms with Crippen molar-refractivity contribution in [2.75, 3.05) is 0 Å². The highest BCUT2D eigenvalue weighted by molar-refractivity contribution is 7.99. The zero-order chi connectivity index (χ0) is 13.2. The Morgan fingerprint density at radius 2 is 2.05 bits per heavy atom. The number of nitrogens with two attached hydrogens (primary N) is 1. The van der Waals surface area contributed by atoms with Crippen LogP contribution in [-0.4, -0.2) is 9.97 Å². The largest absolute Gasteiger partial charge is 0.349 e. The summed E-state index contributed by atoms with van der Waals surface area (Å²) in [6.45, 7) is 1.96. The van der Waals surface area contributed by atoms with E-state index in [0.29, 0.717) is 0 Å². The van der Waals surface area contributed by atoms with E-state index in [0.717, 1.165) is 21.1 Å². The van der Waals surface area contributed by atoms with Gasteiger partial charge in [-0.2, -0.15) is 0 Å². The molecule has 0 aliphatic rings. The molecule has 0 bridgehead atoms. The molecular weight excluding hydrogens is 254 g/mol. The number of fused-ring (bicyclic) bond motifs is 1. The maximum absolute atomic E-state index is 5.81. The molecule has 0 aliphatic carbocycles. The quantitative estimate of drug-likeness (QED) is 0.761. The van der Waals surface area contributed by atoms with Crippen molar-refractivity contribution in [2.45, 2.75) is 23.0 Å². The standard InChI is InChI=1S/C15H15N3S/c1-10(16)12-6-7-14(17-9-12)19-15-8-11-4-2-3-5-13(11)18-15/h2-10,18H,16H2,1H3. The summed E-state index contributed by atoms with van der Waals surface area (Å²) in [5.41, 5.74) is 8.02. The van der Waals surface area contributed by atoms with Gasteiger partial charge in [-0.25, -0.2) is 4.98 Å². The van der Waals surface area contributed by atoms with Gasteiger partial charge in [0.15, 0.2) is 0 Å². The molecule has 0 amide bonds. The Hall–Kier alpha value is -1.78. The highest BCUT2D eigenvalue weighted by atomic mass is 32.2. The fourth-order valence-electron chi connectivity index (χ4n) is 1.94. The zero-order valence-corrected chi connectivity index (χ0v) is 11.4. The van der Waals surface area contributed by atoms with Crippen molar-refractivity contribution < 1.29 is 0 Å². The Morgan fingerprint density at radius 3 is 2.74 bits per heavy atom. The number of aromatic nitrogens is 2. The van der Waals surface area contributed by atoms with Crippen molar-refractivity contribution >= 4 is 22.7 Å². The zero-order valence-electron chi connectivity index (χ0n) is 10.6. The van der Waals surface area contributed by atoms with Crippen molar-refractivity contribution in [1.29, 1.82) is 0 Å². The summed E-state index contributed by atoms with van der Waals surface area (Å²) >= 11 is 1.63. The van der Waals surface area contributed by atoms with E-state index in [1.54, 1.807) is 11.8 Å². The van der Waals surface area contributed by atoms with Gasteiger partial charge in [0.2, 0.25) is 0 Å². The van der Waals surface area contributed by atoms with E-state index in [-0.39, 0.29) is 6.04 Å². The minimum absolute atomic E-state index is 0.0274. The summed E-state index contributed by atoms with van der Waals surface area (Å²) in [6.07, 6.45) is 1.84. The van der Waals surface area contributed by atoms with Crippen molar-refractivity contribution in [1.82, 2.24) is 9.97 Å². The van der Waals surface area contributed by atoms with Crippen LogP contribution in [0.15, 0.2) is 58.7 Å². The highest BCUT2D eigenvalue weighted by Crippen LogP contribution is 2.28. The molecular formula is C15H15N3S. The first kappa shape index (κ1) is 12.3. The first-order valence-electron chi connectivity index (χ1n) is 6.19. The predicted octanol–water partition coefficient (Wildman–Crippen LogP) is 3.73. The van der Waals surface area contributed by atoms with Crippen LogP contribution >= 0.6 is 11.8 Å². The van der Waals surface area contributed by atoms with E-state index in [1.807, 2.05) is 37.4 Å². The molecule has 4 heteroatoms. The van der Waals surface area contributed by atoms with Gasteiger partial charge in [-0.05, 0) is 30.7 Å².